The Morgan fingerprint density at radius 3 is 0.250 bits per heavy atom. The first kappa shape index (κ1) is 64.6. The third kappa shape index (κ3) is 9.96. The van der Waals surface area contributed by atoms with E-state index < -0.39 is 0 Å². The molecule has 0 aliphatic rings. The Bertz CT molecular complexity index is 4120. The van der Waals surface area contributed by atoms with Gasteiger partial charge in [-0.15, -0.1) is 0 Å². The van der Waals surface area contributed by atoms with Crippen LogP contribution in [0, 0.1) is 222 Å². The molecule has 0 spiro atoms. The lowest BCUT2D eigenvalue weighted by atomic mass is 9.90. The molecule has 4 aromatic carbocycles. The van der Waals surface area contributed by atoms with Crippen molar-refractivity contribution >= 4 is 87.2 Å². The molecule has 0 saturated carbocycles. The van der Waals surface area contributed by atoms with Crippen LogP contribution in [-0.4, -0.2) is 39.9 Å². The van der Waals surface area contributed by atoms with Crippen molar-refractivity contribution in [3.05, 3.63) is 179 Å². The van der Waals surface area contributed by atoms with Crippen molar-refractivity contribution < 1.29 is 0 Å². The van der Waals surface area contributed by atoms with Crippen LogP contribution in [0.3, 0.4) is 0 Å². The van der Waals surface area contributed by atoms with Gasteiger partial charge < -0.3 is 0 Å². The summed E-state index contributed by atoms with van der Waals surface area (Å²) in [5.41, 5.74) is 49.0. The van der Waals surface area contributed by atoms with E-state index in [-0.39, 0.29) is 0 Å². The number of aromatic nitrogens is 8. The molecule has 0 fully saturated rings. The Morgan fingerprint density at radius 2 is 0.170 bits per heavy atom. The molecule has 0 N–H and O–H groups in total. The summed E-state index contributed by atoms with van der Waals surface area (Å²) in [5, 5.41) is 10.2. The fourth-order valence-electron chi connectivity index (χ4n) is 14.1. The van der Waals surface area contributed by atoms with E-state index in [9.17, 15) is 0 Å². The average Bonchev–Trinajstić information content (AvgIpc) is 0.803. The largest absolute Gasteiger partial charge is 0.251 e. The van der Waals surface area contributed by atoms with Crippen molar-refractivity contribution in [3.8, 4) is 0 Å². The predicted octanol–water partition coefficient (Wildman–Crippen LogP) is 21.0. The van der Waals surface area contributed by atoms with Crippen LogP contribution in [0.15, 0.2) is 0 Å². The molecule has 0 amide bonds. The first-order valence-corrected chi connectivity index (χ1v) is 31.6. The minimum absolute atomic E-state index is 1.06. The minimum Gasteiger partial charge on any atom is -0.251 e. The lowest BCUT2D eigenvalue weighted by Crippen LogP contribution is -2.03. The van der Waals surface area contributed by atoms with Gasteiger partial charge in [0.15, 0.2) is 0 Å². The highest BCUT2D eigenvalue weighted by Crippen LogP contribution is 2.41. The van der Waals surface area contributed by atoms with E-state index in [0.29, 0.717) is 0 Å². The molecule has 0 aliphatic carbocycles. The van der Waals surface area contributed by atoms with E-state index in [0.717, 1.165) is 89.7 Å². The minimum atomic E-state index is 1.06. The summed E-state index contributed by atoms with van der Waals surface area (Å²) in [4.78, 5) is 39.3. The smallest absolute Gasteiger partial charge is 0.0973 e. The van der Waals surface area contributed by atoms with Crippen LogP contribution >= 0.6 is 0 Å². The van der Waals surface area contributed by atoms with Crippen LogP contribution in [0.5, 0.6) is 0 Å². The van der Waals surface area contributed by atoms with Crippen LogP contribution in [0.25, 0.3) is 87.2 Å². The molecule has 8 aromatic heterocycles. The number of aryl methyl sites for hydroxylation is 24. The lowest BCUT2D eigenvalue weighted by molar-refractivity contribution is 1.14. The molecule has 456 valence electrons. The van der Waals surface area contributed by atoms with Gasteiger partial charge in [-0.25, -0.2) is 0 Å². The Kier molecular flexibility index (Phi) is 17.1. The van der Waals surface area contributed by atoms with Crippen molar-refractivity contribution in [3.63, 3.8) is 0 Å². The summed E-state index contributed by atoms with van der Waals surface area (Å²) in [6, 6.07) is 0. The molecule has 0 unspecified atom stereocenters. The molecule has 12 aromatic rings. The van der Waals surface area contributed by atoms with Crippen molar-refractivity contribution in [2.75, 3.05) is 0 Å². The maximum atomic E-state index is 4.92. The quantitative estimate of drug-likeness (QED) is 0.138. The van der Waals surface area contributed by atoms with Crippen molar-refractivity contribution in [2.24, 2.45) is 0 Å². The molecule has 8 heteroatoms. The highest BCUT2D eigenvalue weighted by molar-refractivity contribution is 6.12. The van der Waals surface area contributed by atoms with Gasteiger partial charge >= 0.3 is 0 Å². The summed E-state index contributed by atoms with van der Waals surface area (Å²) in [6.45, 7) is 69.4. The van der Waals surface area contributed by atoms with E-state index >= 15 is 0 Å². The molecule has 88 heavy (non-hydrogen) atoms. The zero-order chi connectivity index (χ0) is 65.4. The molecule has 8 nitrogen and oxygen atoms in total. The van der Waals surface area contributed by atoms with Gasteiger partial charge in [-0.05, 0) is 355 Å². The third-order valence-electron chi connectivity index (χ3n) is 22.1. The Labute approximate surface area is 525 Å². The van der Waals surface area contributed by atoms with Crippen molar-refractivity contribution in [1.82, 2.24) is 39.9 Å². The standard InChI is InChI=1S/4C20H24N2/c4*1-9-11(3)17-13(5)14(6)18-12(4)10(2)16(8)22-20(18)19(17)21-15(9)7/h4*1-8H3. The molecule has 0 radical (unpaired) electrons. The highest BCUT2D eigenvalue weighted by atomic mass is 14.8. The molecule has 0 atom stereocenters. The van der Waals surface area contributed by atoms with E-state index in [2.05, 4.69) is 222 Å². The summed E-state index contributed by atoms with van der Waals surface area (Å²) >= 11 is 0. The maximum absolute atomic E-state index is 4.92. The maximum Gasteiger partial charge on any atom is 0.0973 e. The summed E-state index contributed by atoms with van der Waals surface area (Å²) in [5.74, 6) is 0. The van der Waals surface area contributed by atoms with E-state index in [4.69, 9.17) is 39.9 Å². The van der Waals surface area contributed by atoms with E-state index in [1.807, 2.05) is 0 Å². The zero-order valence-electron chi connectivity index (χ0n) is 59.6. The SMILES string of the molecule is Cc1nc2c(c(C)c1C)c(C)c(C)c1c(C)c(C)c(C)nc12.Cc1nc2c(c(C)c1C)c(C)c(C)c1c(C)c(C)c(C)nc12.Cc1nc2c(c(C)c1C)c(C)c(C)c1c(C)c(C)c(C)nc12.Cc1nc2c(c(C)c1C)c(C)c(C)c1c(C)c(C)c(C)nc12. The molecular weight excluding hydrogens is 1070 g/mol. The first-order chi connectivity index (χ1) is 41.0. The number of fused-ring (bicyclic) bond motifs is 12. The van der Waals surface area contributed by atoms with Gasteiger partial charge in [0.2, 0.25) is 0 Å². The van der Waals surface area contributed by atoms with Gasteiger partial charge in [-0.2, -0.15) is 0 Å². The Balaban J connectivity index is 0.000000140. The summed E-state index contributed by atoms with van der Waals surface area (Å²) in [6.07, 6.45) is 0. The predicted molar refractivity (Wildman–Crippen MR) is 380 cm³/mol. The fraction of sp³-hybridized carbons (Fsp3) is 0.400. The average molecular weight is 1170 g/mol. The van der Waals surface area contributed by atoms with Crippen molar-refractivity contribution in [2.45, 2.75) is 222 Å². The monoisotopic (exact) mass is 1170 g/mol. The number of hydrogen-bond donors (Lipinski definition) is 0. The summed E-state index contributed by atoms with van der Waals surface area (Å²) < 4.78 is 0. The highest BCUT2D eigenvalue weighted by Gasteiger charge is 2.23. The molecule has 0 aliphatic heterocycles. The second-order valence-corrected chi connectivity index (χ2v) is 26.4. The van der Waals surface area contributed by atoms with E-state index in [1.165, 1.54) is 177 Å². The van der Waals surface area contributed by atoms with Crippen LogP contribution in [0.4, 0.5) is 0 Å². The van der Waals surface area contributed by atoms with Crippen LogP contribution in [0.1, 0.15) is 179 Å². The zero-order valence-corrected chi connectivity index (χ0v) is 59.6. The topological polar surface area (TPSA) is 103 Å². The van der Waals surface area contributed by atoms with Crippen LogP contribution < -0.4 is 0 Å². The van der Waals surface area contributed by atoms with Gasteiger partial charge in [-0.3, -0.25) is 39.9 Å². The molecule has 0 saturated heterocycles. The molecule has 8 heterocycles. The van der Waals surface area contributed by atoms with Gasteiger partial charge in [0.05, 0.1) is 44.1 Å². The number of rotatable bonds is 0. The Morgan fingerprint density at radius 1 is 0.102 bits per heavy atom. The lowest BCUT2D eigenvalue weighted by Gasteiger charge is -2.18. The number of nitrogens with zero attached hydrogens (tertiary/aromatic N) is 8. The van der Waals surface area contributed by atoms with E-state index in [1.54, 1.807) is 0 Å². The number of pyridine rings is 8. The second kappa shape index (κ2) is 23.3. The molecule has 12 rings (SSSR count). The number of hydrogen-bond acceptors (Lipinski definition) is 8. The first-order valence-electron chi connectivity index (χ1n) is 31.6. The van der Waals surface area contributed by atoms with Gasteiger partial charge in [0, 0.05) is 88.6 Å². The van der Waals surface area contributed by atoms with Crippen LogP contribution in [-0.2, 0) is 0 Å². The van der Waals surface area contributed by atoms with Gasteiger partial charge in [-0.1, -0.05) is 0 Å². The Hall–Kier alpha value is -7.84. The summed E-state index contributed by atoms with van der Waals surface area (Å²) in [7, 11) is 0. The van der Waals surface area contributed by atoms with Gasteiger partial charge in [0.25, 0.3) is 0 Å². The number of benzene rings is 4. The fourth-order valence-corrected chi connectivity index (χ4v) is 14.1. The second-order valence-electron chi connectivity index (χ2n) is 26.4. The molecular formula is C80H96N8. The third-order valence-corrected chi connectivity index (χ3v) is 22.1. The van der Waals surface area contributed by atoms with Crippen LogP contribution in [0.2, 0.25) is 0 Å². The normalized spacial score (nSPS) is 11.6. The van der Waals surface area contributed by atoms with Gasteiger partial charge in [0.1, 0.15) is 0 Å². The van der Waals surface area contributed by atoms with Crippen molar-refractivity contribution in [1.29, 1.82) is 0 Å². The molecule has 0 bridgehead atoms.